The van der Waals surface area contributed by atoms with Gasteiger partial charge in [-0.25, -0.2) is 0 Å². The summed E-state index contributed by atoms with van der Waals surface area (Å²) in [5.74, 6) is -0.482. The standard InChI is InChI=1S/C20H24N4O3/c1-4-21-19(26)15-6-5-7-17(12-15)22-13-18(25)23-16-10-8-14(9-11-16)20(27)24(2)3/h5-12,22H,4,13H2,1-3H3,(H,21,26)(H,23,25). The van der Waals surface area contributed by atoms with E-state index in [1.54, 1.807) is 62.6 Å². The second-order valence-corrected chi connectivity index (χ2v) is 6.12. The van der Waals surface area contributed by atoms with Gasteiger partial charge in [-0.05, 0) is 49.4 Å². The average molecular weight is 368 g/mol. The summed E-state index contributed by atoms with van der Waals surface area (Å²) in [5, 5.41) is 8.49. The number of anilines is 2. The molecule has 142 valence electrons. The summed E-state index contributed by atoms with van der Waals surface area (Å²) in [4.78, 5) is 37.3. The predicted octanol–water partition coefficient (Wildman–Crippen LogP) is 2.19. The summed E-state index contributed by atoms with van der Waals surface area (Å²) < 4.78 is 0. The van der Waals surface area contributed by atoms with E-state index in [1.165, 1.54) is 4.90 Å². The van der Waals surface area contributed by atoms with Gasteiger partial charge in [0.25, 0.3) is 11.8 Å². The number of rotatable bonds is 7. The van der Waals surface area contributed by atoms with Crippen LogP contribution in [-0.4, -0.2) is 49.8 Å². The maximum atomic E-state index is 12.1. The lowest BCUT2D eigenvalue weighted by molar-refractivity contribution is -0.114. The Labute approximate surface area is 158 Å². The van der Waals surface area contributed by atoms with E-state index in [0.29, 0.717) is 29.0 Å². The first-order valence-electron chi connectivity index (χ1n) is 8.64. The summed E-state index contributed by atoms with van der Waals surface area (Å²) >= 11 is 0. The normalized spacial score (nSPS) is 10.0. The molecular formula is C20H24N4O3. The van der Waals surface area contributed by atoms with E-state index in [1.807, 2.05) is 6.92 Å². The van der Waals surface area contributed by atoms with Gasteiger partial charge in [0.15, 0.2) is 0 Å². The molecule has 0 aliphatic carbocycles. The summed E-state index contributed by atoms with van der Waals surface area (Å²) in [7, 11) is 3.37. The molecule has 0 aliphatic rings. The molecule has 0 atom stereocenters. The van der Waals surface area contributed by atoms with Crippen LogP contribution in [0.2, 0.25) is 0 Å². The van der Waals surface area contributed by atoms with Crippen LogP contribution in [0.1, 0.15) is 27.6 Å². The quantitative estimate of drug-likeness (QED) is 0.699. The topological polar surface area (TPSA) is 90.5 Å². The summed E-state index contributed by atoms with van der Waals surface area (Å²) in [5.41, 5.74) is 2.37. The van der Waals surface area contributed by atoms with Crippen molar-refractivity contribution >= 4 is 29.1 Å². The lowest BCUT2D eigenvalue weighted by Crippen LogP contribution is -2.24. The Kier molecular flexibility index (Phi) is 6.93. The Hall–Kier alpha value is -3.35. The van der Waals surface area contributed by atoms with Crippen molar-refractivity contribution in [1.29, 1.82) is 0 Å². The third kappa shape index (κ3) is 5.85. The molecular weight excluding hydrogens is 344 g/mol. The number of hydrogen-bond acceptors (Lipinski definition) is 4. The fourth-order valence-corrected chi connectivity index (χ4v) is 2.37. The lowest BCUT2D eigenvalue weighted by atomic mass is 10.2. The number of nitrogens with zero attached hydrogens (tertiary/aromatic N) is 1. The number of carbonyl (C=O) groups is 3. The Morgan fingerprint density at radius 3 is 2.26 bits per heavy atom. The van der Waals surface area contributed by atoms with Crippen molar-refractivity contribution in [2.24, 2.45) is 0 Å². The molecule has 3 amide bonds. The molecule has 3 N–H and O–H groups in total. The maximum Gasteiger partial charge on any atom is 0.253 e. The van der Waals surface area contributed by atoms with E-state index < -0.39 is 0 Å². The fourth-order valence-electron chi connectivity index (χ4n) is 2.37. The molecule has 0 radical (unpaired) electrons. The van der Waals surface area contributed by atoms with Gasteiger partial charge in [0, 0.05) is 43.1 Å². The molecule has 0 fully saturated rings. The first-order chi connectivity index (χ1) is 12.9. The SMILES string of the molecule is CCNC(=O)c1cccc(NCC(=O)Nc2ccc(C(=O)N(C)C)cc2)c1. The predicted molar refractivity (Wildman–Crippen MR) is 106 cm³/mol. The van der Waals surface area contributed by atoms with Gasteiger partial charge in [0.1, 0.15) is 0 Å². The Balaban J connectivity index is 1.90. The number of benzene rings is 2. The van der Waals surface area contributed by atoms with E-state index in [9.17, 15) is 14.4 Å². The minimum absolute atomic E-state index is 0.0528. The van der Waals surface area contributed by atoms with Crippen LogP contribution in [-0.2, 0) is 4.79 Å². The van der Waals surface area contributed by atoms with Crippen molar-refractivity contribution < 1.29 is 14.4 Å². The zero-order chi connectivity index (χ0) is 19.8. The molecule has 2 aromatic carbocycles. The minimum Gasteiger partial charge on any atom is -0.376 e. The lowest BCUT2D eigenvalue weighted by Gasteiger charge is -2.11. The van der Waals surface area contributed by atoms with Gasteiger partial charge in [-0.1, -0.05) is 6.07 Å². The highest BCUT2D eigenvalue weighted by molar-refractivity contribution is 5.97. The van der Waals surface area contributed by atoms with Crippen molar-refractivity contribution in [3.8, 4) is 0 Å². The van der Waals surface area contributed by atoms with Gasteiger partial charge in [-0.2, -0.15) is 0 Å². The van der Waals surface area contributed by atoms with Crippen LogP contribution >= 0.6 is 0 Å². The van der Waals surface area contributed by atoms with Gasteiger partial charge in [-0.15, -0.1) is 0 Å². The molecule has 0 aliphatic heterocycles. The van der Waals surface area contributed by atoms with Gasteiger partial charge >= 0.3 is 0 Å². The third-order valence-electron chi connectivity index (χ3n) is 3.74. The van der Waals surface area contributed by atoms with E-state index in [-0.39, 0.29) is 24.3 Å². The molecule has 0 heterocycles. The highest BCUT2D eigenvalue weighted by Crippen LogP contribution is 2.12. The molecule has 0 aromatic heterocycles. The number of nitrogens with one attached hydrogen (secondary N) is 3. The first kappa shape index (κ1) is 20.0. The maximum absolute atomic E-state index is 12.1. The Morgan fingerprint density at radius 2 is 1.63 bits per heavy atom. The van der Waals surface area contributed by atoms with Crippen LogP contribution in [0.3, 0.4) is 0 Å². The zero-order valence-electron chi connectivity index (χ0n) is 15.7. The van der Waals surface area contributed by atoms with Crippen LogP contribution in [0.5, 0.6) is 0 Å². The van der Waals surface area contributed by atoms with Gasteiger partial charge in [0.2, 0.25) is 5.91 Å². The number of amides is 3. The smallest absolute Gasteiger partial charge is 0.253 e. The van der Waals surface area contributed by atoms with E-state index in [2.05, 4.69) is 16.0 Å². The van der Waals surface area contributed by atoms with Crippen molar-refractivity contribution in [3.63, 3.8) is 0 Å². The first-order valence-corrected chi connectivity index (χ1v) is 8.64. The van der Waals surface area contributed by atoms with Crippen molar-refractivity contribution in [2.45, 2.75) is 6.92 Å². The second kappa shape index (κ2) is 9.38. The molecule has 2 aromatic rings. The third-order valence-corrected chi connectivity index (χ3v) is 3.74. The van der Waals surface area contributed by atoms with E-state index in [4.69, 9.17) is 0 Å². The number of carbonyl (C=O) groups excluding carboxylic acids is 3. The molecule has 0 spiro atoms. The Morgan fingerprint density at radius 1 is 0.926 bits per heavy atom. The minimum atomic E-state index is -0.231. The van der Waals surface area contributed by atoms with E-state index >= 15 is 0 Å². The van der Waals surface area contributed by atoms with Crippen LogP contribution in [0, 0.1) is 0 Å². The molecule has 7 nitrogen and oxygen atoms in total. The molecule has 0 bridgehead atoms. The molecule has 27 heavy (non-hydrogen) atoms. The van der Waals surface area contributed by atoms with Gasteiger partial charge < -0.3 is 20.9 Å². The molecule has 7 heteroatoms. The number of hydrogen-bond donors (Lipinski definition) is 3. The van der Waals surface area contributed by atoms with Crippen molar-refractivity contribution in [3.05, 3.63) is 59.7 Å². The second-order valence-electron chi connectivity index (χ2n) is 6.12. The average Bonchev–Trinajstić information content (AvgIpc) is 2.67. The largest absolute Gasteiger partial charge is 0.376 e. The summed E-state index contributed by atoms with van der Waals surface area (Å²) in [6.07, 6.45) is 0. The molecule has 0 saturated heterocycles. The monoisotopic (exact) mass is 368 g/mol. The van der Waals surface area contributed by atoms with Crippen molar-refractivity contribution in [1.82, 2.24) is 10.2 Å². The van der Waals surface area contributed by atoms with Gasteiger partial charge in [-0.3, -0.25) is 14.4 Å². The van der Waals surface area contributed by atoms with Gasteiger partial charge in [0.05, 0.1) is 6.54 Å². The van der Waals surface area contributed by atoms with Crippen LogP contribution in [0.15, 0.2) is 48.5 Å². The van der Waals surface area contributed by atoms with Crippen LogP contribution < -0.4 is 16.0 Å². The molecule has 0 saturated carbocycles. The van der Waals surface area contributed by atoms with Crippen LogP contribution in [0.4, 0.5) is 11.4 Å². The summed E-state index contributed by atoms with van der Waals surface area (Å²) in [6.45, 7) is 2.46. The highest BCUT2D eigenvalue weighted by atomic mass is 16.2. The highest BCUT2D eigenvalue weighted by Gasteiger charge is 2.09. The molecule has 0 unspecified atom stereocenters. The van der Waals surface area contributed by atoms with Crippen molar-refractivity contribution in [2.75, 3.05) is 37.8 Å². The van der Waals surface area contributed by atoms with E-state index in [0.717, 1.165) is 0 Å². The van der Waals surface area contributed by atoms with Crippen LogP contribution in [0.25, 0.3) is 0 Å². The Bertz CT molecular complexity index is 816. The fraction of sp³-hybridized carbons (Fsp3) is 0.250. The summed E-state index contributed by atoms with van der Waals surface area (Å²) in [6, 6.07) is 13.7. The molecule has 2 rings (SSSR count). The zero-order valence-corrected chi connectivity index (χ0v) is 15.7.